The van der Waals surface area contributed by atoms with Crippen LogP contribution in [0.2, 0.25) is 0 Å². The van der Waals surface area contributed by atoms with Crippen molar-refractivity contribution in [2.24, 2.45) is 0 Å². The summed E-state index contributed by atoms with van der Waals surface area (Å²) in [6.45, 7) is 3.85. The number of nitrogens with one attached hydrogen (secondary N) is 1. The van der Waals surface area contributed by atoms with Crippen LogP contribution in [-0.2, 0) is 11.3 Å². The van der Waals surface area contributed by atoms with E-state index < -0.39 is 36.1 Å². The number of H-pyrrole nitrogens is 1. The number of hydrogen-bond acceptors (Lipinski definition) is 4. The first-order chi connectivity index (χ1) is 10.5. The molecule has 1 unspecified atom stereocenters. The molecule has 0 saturated carbocycles. The Kier molecular flexibility index (Phi) is 4.32. The Labute approximate surface area is 130 Å². The Balaban J connectivity index is 2.36. The monoisotopic (exact) mass is 334 g/mol. The molecule has 0 fully saturated rings. The maximum atomic E-state index is 13.1. The number of carbonyl (C=O) groups excluding carboxylic acids is 1. The van der Waals surface area contributed by atoms with E-state index in [2.05, 4.69) is 4.98 Å². The van der Waals surface area contributed by atoms with Crippen LogP contribution >= 0.6 is 0 Å². The topological polar surface area (TPSA) is 71.6 Å². The molecule has 1 atom stereocenters. The minimum absolute atomic E-state index is 0.0927. The van der Waals surface area contributed by atoms with Crippen LogP contribution in [0.25, 0.3) is 0 Å². The largest absolute Gasteiger partial charge is 0.477 e. The van der Waals surface area contributed by atoms with E-state index >= 15 is 0 Å². The number of amides is 1. The van der Waals surface area contributed by atoms with Gasteiger partial charge in [-0.25, -0.2) is 4.79 Å². The lowest BCUT2D eigenvalue weighted by atomic mass is 10.2. The fourth-order valence-corrected chi connectivity index (χ4v) is 2.01. The van der Waals surface area contributed by atoms with Crippen molar-refractivity contribution in [3.05, 3.63) is 28.2 Å². The minimum Gasteiger partial charge on any atom is -0.477 e. The van der Waals surface area contributed by atoms with Crippen LogP contribution in [0, 0.1) is 0 Å². The highest BCUT2D eigenvalue weighted by molar-refractivity contribution is 5.68. The molecule has 2 rings (SSSR count). The Bertz CT molecular complexity index is 649. The molecule has 0 aromatic carbocycles. The lowest BCUT2D eigenvalue weighted by molar-refractivity contribution is -0.197. The lowest BCUT2D eigenvalue weighted by Gasteiger charge is -2.28. The van der Waals surface area contributed by atoms with Gasteiger partial charge < -0.3 is 14.5 Å². The summed E-state index contributed by atoms with van der Waals surface area (Å²) in [6.07, 6.45) is -7.78. The van der Waals surface area contributed by atoms with Gasteiger partial charge in [0.05, 0.1) is 18.8 Å². The standard InChI is InChI=1S/C14H17F3N2O4/c1-13(2,3)23-12(21)19-6-8-9(4-5-11(20)18-8)22-10(7-19)14(15,16)17/h4-5,10H,6-7H2,1-3H3,(H,18,20). The van der Waals surface area contributed by atoms with Gasteiger partial charge in [-0.2, -0.15) is 13.2 Å². The smallest absolute Gasteiger partial charge is 0.427 e. The molecular weight excluding hydrogens is 317 g/mol. The molecule has 0 radical (unpaired) electrons. The van der Waals surface area contributed by atoms with Crippen molar-refractivity contribution >= 4 is 6.09 Å². The van der Waals surface area contributed by atoms with E-state index in [0.29, 0.717) is 0 Å². The van der Waals surface area contributed by atoms with E-state index in [1.165, 1.54) is 0 Å². The number of aromatic nitrogens is 1. The zero-order chi connectivity index (χ0) is 17.4. The number of fused-ring (bicyclic) bond motifs is 1. The van der Waals surface area contributed by atoms with E-state index in [9.17, 15) is 22.8 Å². The summed E-state index contributed by atoms with van der Waals surface area (Å²) >= 11 is 0. The first-order valence-corrected chi connectivity index (χ1v) is 6.89. The van der Waals surface area contributed by atoms with Gasteiger partial charge in [0.2, 0.25) is 11.7 Å². The summed E-state index contributed by atoms with van der Waals surface area (Å²) in [5.41, 5.74) is -1.26. The number of nitrogens with zero attached hydrogens (tertiary/aromatic N) is 1. The van der Waals surface area contributed by atoms with Crippen molar-refractivity contribution in [1.82, 2.24) is 9.88 Å². The highest BCUT2D eigenvalue weighted by atomic mass is 19.4. The van der Waals surface area contributed by atoms with Crippen LogP contribution in [0.5, 0.6) is 5.75 Å². The van der Waals surface area contributed by atoms with Crippen LogP contribution in [-0.4, -0.2) is 40.4 Å². The van der Waals surface area contributed by atoms with E-state index in [4.69, 9.17) is 9.47 Å². The predicted molar refractivity (Wildman–Crippen MR) is 74.2 cm³/mol. The fourth-order valence-electron chi connectivity index (χ4n) is 2.01. The van der Waals surface area contributed by atoms with Gasteiger partial charge in [-0.15, -0.1) is 0 Å². The third-order valence-corrected chi connectivity index (χ3v) is 2.98. The quantitative estimate of drug-likeness (QED) is 0.791. The predicted octanol–water partition coefficient (Wildman–Crippen LogP) is 2.44. The molecule has 128 valence electrons. The average Bonchev–Trinajstić information content (AvgIpc) is 2.55. The number of alkyl halides is 3. The average molecular weight is 334 g/mol. The minimum atomic E-state index is -4.67. The molecule has 9 heteroatoms. The van der Waals surface area contributed by atoms with Crippen LogP contribution in [0.4, 0.5) is 18.0 Å². The molecule has 1 aliphatic heterocycles. The molecule has 6 nitrogen and oxygen atoms in total. The number of halogens is 3. The van der Waals surface area contributed by atoms with Crippen molar-refractivity contribution in [3.8, 4) is 5.75 Å². The molecule has 2 heterocycles. The van der Waals surface area contributed by atoms with Crippen molar-refractivity contribution in [1.29, 1.82) is 0 Å². The van der Waals surface area contributed by atoms with Crippen LogP contribution < -0.4 is 10.3 Å². The maximum absolute atomic E-state index is 13.1. The molecule has 0 aliphatic carbocycles. The summed E-state index contributed by atoms with van der Waals surface area (Å²) in [5.74, 6) is -0.113. The van der Waals surface area contributed by atoms with Gasteiger partial charge in [0.1, 0.15) is 11.4 Å². The van der Waals surface area contributed by atoms with Gasteiger partial charge in [0.25, 0.3) is 0 Å². The Morgan fingerprint density at radius 2 is 2.00 bits per heavy atom. The maximum Gasteiger partial charge on any atom is 0.427 e. The Hall–Kier alpha value is -2.19. The fraction of sp³-hybridized carbons (Fsp3) is 0.571. The number of rotatable bonds is 0. The van der Waals surface area contributed by atoms with Crippen molar-refractivity contribution in [2.45, 2.75) is 45.2 Å². The van der Waals surface area contributed by atoms with Gasteiger partial charge in [0.15, 0.2) is 0 Å². The first-order valence-electron chi connectivity index (χ1n) is 6.89. The van der Waals surface area contributed by atoms with Crippen LogP contribution in [0.1, 0.15) is 26.5 Å². The van der Waals surface area contributed by atoms with E-state index in [0.717, 1.165) is 17.0 Å². The molecule has 1 aromatic rings. The molecule has 23 heavy (non-hydrogen) atoms. The number of aromatic amines is 1. The Morgan fingerprint density at radius 3 is 2.57 bits per heavy atom. The summed E-state index contributed by atoms with van der Waals surface area (Å²) in [4.78, 5) is 26.7. The number of ether oxygens (including phenoxy) is 2. The zero-order valence-electron chi connectivity index (χ0n) is 12.9. The van der Waals surface area contributed by atoms with Crippen molar-refractivity contribution < 1.29 is 27.4 Å². The van der Waals surface area contributed by atoms with Crippen molar-refractivity contribution in [3.63, 3.8) is 0 Å². The van der Waals surface area contributed by atoms with Crippen LogP contribution in [0.15, 0.2) is 16.9 Å². The third-order valence-electron chi connectivity index (χ3n) is 2.98. The van der Waals surface area contributed by atoms with Gasteiger partial charge in [-0.05, 0) is 26.8 Å². The van der Waals surface area contributed by atoms with Gasteiger partial charge in [-0.1, -0.05) is 0 Å². The van der Waals surface area contributed by atoms with Crippen LogP contribution in [0.3, 0.4) is 0 Å². The normalized spacial score (nSPS) is 18.7. The molecule has 0 saturated heterocycles. The highest BCUT2D eigenvalue weighted by Gasteiger charge is 2.45. The lowest BCUT2D eigenvalue weighted by Crippen LogP contribution is -2.46. The molecule has 1 amide bonds. The summed E-state index contributed by atoms with van der Waals surface area (Å²) in [6, 6.07) is 2.22. The summed E-state index contributed by atoms with van der Waals surface area (Å²) < 4.78 is 49.3. The van der Waals surface area contributed by atoms with Crippen molar-refractivity contribution in [2.75, 3.05) is 6.54 Å². The molecule has 0 bridgehead atoms. The van der Waals surface area contributed by atoms with Gasteiger partial charge >= 0.3 is 12.3 Å². The highest BCUT2D eigenvalue weighted by Crippen LogP contribution is 2.31. The summed E-state index contributed by atoms with van der Waals surface area (Å²) in [5, 5.41) is 0. The number of hydrogen-bond donors (Lipinski definition) is 1. The number of pyridine rings is 1. The molecule has 1 aromatic heterocycles. The first kappa shape index (κ1) is 17.2. The third kappa shape index (κ3) is 4.40. The molecular formula is C14H17F3N2O4. The second-order valence-corrected chi connectivity index (χ2v) is 6.17. The second-order valence-electron chi connectivity index (χ2n) is 6.17. The SMILES string of the molecule is CC(C)(C)OC(=O)N1Cc2[nH]c(=O)ccc2OC(C(F)(F)F)C1. The van der Waals surface area contributed by atoms with E-state index in [-0.39, 0.29) is 18.0 Å². The summed E-state index contributed by atoms with van der Waals surface area (Å²) in [7, 11) is 0. The molecule has 1 N–H and O–H groups in total. The van der Waals surface area contributed by atoms with Gasteiger partial charge in [0, 0.05) is 6.07 Å². The zero-order valence-corrected chi connectivity index (χ0v) is 12.9. The second kappa shape index (κ2) is 5.78. The number of carbonyl (C=O) groups is 1. The van der Waals surface area contributed by atoms with E-state index in [1.54, 1.807) is 20.8 Å². The van der Waals surface area contributed by atoms with Gasteiger partial charge in [-0.3, -0.25) is 9.69 Å². The molecule has 1 aliphatic rings. The Morgan fingerprint density at radius 1 is 1.35 bits per heavy atom. The van der Waals surface area contributed by atoms with E-state index in [1.807, 2.05) is 0 Å². The molecule has 0 spiro atoms.